The summed E-state index contributed by atoms with van der Waals surface area (Å²) < 4.78 is 32.2. The number of hydrogen-bond donors (Lipinski definition) is 0. The number of sulfonamides is 1. The molecule has 0 saturated carbocycles. The number of nitrogens with zero attached hydrogens (tertiary/aromatic N) is 1. The van der Waals surface area contributed by atoms with E-state index in [1.165, 1.54) is 0 Å². The molecule has 21 heavy (non-hydrogen) atoms. The minimum Gasteiger partial charge on any atom is -0.381 e. The Labute approximate surface area is 132 Å². The van der Waals surface area contributed by atoms with E-state index in [1.807, 2.05) is 19.1 Å². The Morgan fingerprint density at radius 1 is 1.33 bits per heavy atom. The van der Waals surface area contributed by atoms with Crippen molar-refractivity contribution in [1.29, 1.82) is 0 Å². The second kappa shape index (κ2) is 7.58. The molecular weight excluding hydrogens is 310 g/mol. The van der Waals surface area contributed by atoms with Crippen LogP contribution in [0.5, 0.6) is 0 Å². The predicted molar refractivity (Wildman–Crippen MR) is 84.2 cm³/mol. The van der Waals surface area contributed by atoms with Gasteiger partial charge in [-0.2, -0.15) is 4.31 Å². The highest BCUT2D eigenvalue weighted by molar-refractivity contribution is 7.89. The maximum absolute atomic E-state index is 12.7. The van der Waals surface area contributed by atoms with Crippen LogP contribution in [0.15, 0.2) is 29.2 Å². The summed E-state index contributed by atoms with van der Waals surface area (Å²) in [7, 11) is -3.43. The number of aryl methyl sites for hydroxylation is 1. The van der Waals surface area contributed by atoms with Crippen LogP contribution in [-0.4, -0.2) is 44.9 Å². The summed E-state index contributed by atoms with van der Waals surface area (Å²) in [4.78, 5) is 0.349. The second-order valence-corrected chi connectivity index (χ2v) is 7.58. The van der Waals surface area contributed by atoms with E-state index >= 15 is 0 Å². The van der Waals surface area contributed by atoms with Crippen LogP contribution >= 0.6 is 11.6 Å². The molecule has 1 heterocycles. The first-order chi connectivity index (χ1) is 10.1. The zero-order valence-corrected chi connectivity index (χ0v) is 13.9. The number of halogens is 1. The van der Waals surface area contributed by atoms with Gasteiger partial charge in [-0.25, -0.2) is 8.42 Å². The first-order valence-corrected chi connectivity index (χ1v) is 9.28. The molecule has 0 amide bonds. The summed E-state index contributed by atoms with van der Waals surface area (Å²) in [6.45, 7) is 4.26. The van der Waals surface area contributed by atoms with Crippen molar-refractivity contribution in [2.24, 2.45) is 5.92 Å². The van der Waals surface area contributed by atoms with Gasteiger partial charge in [0.25, 0.3) is 0 Å². The van der Waals surface area contributed by atoms with Crippen molar-refractivity contribution in [2.75, 3.05) is 32.2 Å². The zero-order valence-electron chi connectivity index (χ0n) is 12.3. The third-order valence-corrected chi connectivity index (χ3v) is 5.93. The second-order valence-electron chi connectivity index (χ2n) is 5.27. The molecule has 0 spiro atoms. The van der Waals surface area contributed by atoms with Crippen molar-refractivity contribution in [3.8, 4) is 0 Å². The fraction of sp³-hybridized carbons (Fsp3) is 0.600. The number of ether oxygens (including phenoxy) is 1. The lowest BCUT2D eigenvalue weighted by molar-refractivity contribution is 0.181. The first kappa shape index (κ1) is 16.7. The topological polar surface area (TPSA) is 46.6 Å². The zero-order chi connectivity index (χ0) is 15.3. The average molecular weight is 332 g/mol. The maximum atomic E-state index is 12.7. The van der Waals surface area contributed by atoms with Gasteiger partial charge in [0.2, 0.25) is 10.0 Å². The third-order valence-electron chi connectivity index (χ3n) is 3.78. The molecule has 0 aromatic heterocycles. The van der Waals surface area contributed by atoms with Crippen LogP contribution in [0, 0.1) is 5.92 Å². The Morgan fingerprint density at radius 3 is 2.57 bits per heavy atom. The van der Waals surface area contributed by atoms with Crippen molar-refractivity contribution in [1.82, 2.24) is 4.31 Å². The number of alkyl halides is 1. The van der Waals surface area contributed by atoms with Crippen molar-refractivity contribution in [2.45, 2.75) is 24.7 Å². The lowest BCUT2D eigenvalue weighted by atomic mass is 10.1. The highest BCUT2D eigenvalue weighted by Gasteiger charge is 2.27. The van der Waals surface area contributed by atoms with Gasteiger partial charge in [0.05, 0.1) is 11.5 Å². The Bertz CT molecular complexity index is 539. The lowest BCUT2D eigenvalue weighted by Gasteiger charge is -2.23. The summed E-state index contributed by atoms with van der Waals surface area (Å²) in [5.41, 5.74) is 1.05. The molecule has 0 radical (unpaired) electrons. The van der Waals surface area contributed by atoms with Gasteiger partial charge in [-0.05, 0) is 36.5 Å². The molecule has 0 N–H and O–H groups in total. The van der Waals surface area contributed by atoms with Gasteiger partial charge in [0, 0.05) is 25.6 Å². The molecule has 0 bridgehead atoms. The fourth-order valence-corrected chi connectivity index (χ4v) is 4.24. The highest BCUT2D eigenvalue weighted by Crippen LogP contribution is 2.21. The molecule has 6 heteroatoms. The molecule has 1 unspecified atom stereocenters. The van der Waals surface area contributed by atoms with Crippen molar-refractivity contribution < 1.29 is 13.2 Å². The monoisotopic (exact) mass is 331 g/mol. The Balaban J connectivity index is 2.13. The molecule has 1 aromatic rings. The van der Waals surface area contributed by atoms with Crippen LogP contribution in [0.25, 0.3) is 0 Å². The van der Waals surface area contributed by atoms with E-state index in [0.29, 0.717) is 36.4 Å². The fourth-order valence-electron chi connectivity index (χ4n) is 2.50. The van der Waals surface area contributed by atoms with Crippen LogP contribution in [0.1, 0.15) is 18.9 Å². The molecule has 1 atom stereocenters. The number of benzene rings is 1. The smallest absolute Gasteiger partial charge is 0.243 e. The lowest BCUT2D eigenvalue weighted by Crippen LogP contribution is -2.35. The minimum absolute atomic E-state index is 0.301. The third kappa shape index (κ3) is 4.19. The Morgan fingerprint density at radius 2 is 2.05 bits per heavy atom. The van der Waals surface area contributed by atoms with Crippen LogP contribution in [-0.2, 0) is 21.2 Å². The molecule has 1 aromatic carbocycles. The molecular formula is C15H22ClNO3S. The van der Waals surface area contributed by atoms with E-state index in [-0.39, 0.29) is 0 Å². The maximum Gasteiger partial charge on any atom is 0.243 e. The number of rotatable bonds is 7. The van der Waals surface area contributed by atoms with Gasteiger partial charge in [-0.3, -0.25) is 0 Å². The molecule has 2 rings (SSSR count). The van der Waals surface area contributed by atoms with Crippen molar-refractivity contribution >= 4 is 21.6 Å². The molecule has 1 fully saturated rings. The van der Waals surface area contributed by atoms with E-state index in [9.17, 15) is 8.42 Å². The van der Waals surface area contributed by atoms with E-state index in [1.54, 1.807) is 16.4 Å². The van der Waals surface area contributed by atoms with Crippen LogP contribution < -0.4 is 0 Å². The molecule has 1 aliphatic rings. The molecule has 0 aliphatic carbocycles. The summed E-state index contributed by atoms with van der Waals surface area (Å²) in [5, 5.41) is 0. The van der Waals surface area contributed by atoms with Gasteiger partial charge in [-0.1, -0.05) is 19.1 Å². The van der Waals surface area contributed by atoms with Crippen LogP contribution in [0.2, 0.25) is 0 Å². The molecule has 4 nitrogen and oxygen atoms in total. The Kier molecular flexibility index (Phi) is 6.05. The van der Waals surface area contributed by atoms with Gasteiger partial charge >= 0.3 is 0 Å². The average Bonchev–Trinajstić information content (AvgIpc) is 2.98. The quantitative estimate of drug-likeness (QED) is 0.721. The Hall–Kier alpha value is -0.620. The standard InChI is InChI=1S/C15H22ClNO3S/c1-2-17(11-14-8-10-20-12-14)21(18,19)15-5-3-13(4-6-15)7-9-16/h3-6,14H,2,7-12H2,1H3. The van der Waals surface area contributed by atoms with Gasteiger partial charge < -0.3 is 4.74 Å². The summed E-state index contributed by atoms with van der Waals surface area (Å²) >= 11 is 5.70. The molecule has 1 saturated heterocycles. The minimum atomic E-state index is -3.43. The van der Waals surface area contributed by atoms with E-state index < -0.39 is 10.0 Å². The van der Waals surface area contributed by atoms with E-state index in [0.717, 1.165) is 25.0 Å². The largest absolute Gasteiger partial charge is 0.381 e. The van der Waals surface area contributed by atoms with Crippen LogP contribution in [0.3, 0.4) is 0 Å². The summed E-state index contributed by atoms with van der Waals surface area (Å²) in [5.74, 6) is 0.838. The molecule has 118 valence electrons. The summed E-state index contributed by atoms with van der Waals surface area (Å²) in [6.07, 6.45) is 1.68. The van der Waals surface area contributed by atoms with Crippen molar-refractivity contribution in [3.63, 3.8) is 0 Å². The number of hydrogen-bond acceptors (Lipinski definition) is 3. The van der Waals surface area contributed by atoms with Gasteiger partial charge in [0.1, 0.15) is 0 Å². The van der Waals surface area contributed by atoms with E-state index in [4.69, 9.17) is 16.3 Å². The van der Waals surface area contributed by atoms with E-state index in [2.05, 4.69) is 0 Å². The highest BCUT2D eigenvalue weighted by atomic mass is 35.5. The normalized spacial score (nSPS) is 19.3. The van der Waals surface area contributed by atoms with Gasteiger partial charge in [0.15, 0.2) is 0 Å². The molecule has 1 aliphatic heterocycles. The SMILES string of the molecule is CCN(CC1CCOC1)S(=O)(=O)c1ccc(CCCl)cc1. The first-order valence-electron chi connectivity index (χ1n) is 7.30. The van der Waals surface area contributed by atoms with Crippen LogP contribution in [0.4, 0.5) is 0 Å². The van der Waals surface area contributed by atoms with Gasteiger partial charge in [-0.15, -0.1) is 11.6 Å². The summed E-state index contributed by atoms with van der Waals surface area (Å²) in [6, 6.07) is 7.01. The van der Waals surface area contributed by atoms with Crippen molar-refractivity contribution in [3.05, 3.63) is 29.8 Å². The predicted octanol–water partition coefficient (Wildman–Crippen LogP) is 2.52.